The van der Waals surface area contributed by atoms with Crippen molar-refractivity contribution in [3.8, 4) is 0 Å². The molecule has 0 aliphatic carbocycles. The molecule has 5 rings (SSSR count). The van der Waals surface area contributed by atoms with Crippen molar-refractivity contribution in [1.82, 2.24) is 31.5 Å². The third kappa shape index (κ3) is 12.5. The lowest BCUT2D eigenvalue weighted by atomic mass is 9.74. The Morgan fingerprint density at radius 1 is 1.02 bits per heavy atom. The van der Waals surface area contributed by atoms with Crippen LogP contribution in [0.5, 0.6) is 0 Å². The van der Waals surface area contributed by atoms with Gasteiger partial charge in [0.25, 0.3) is 0 Å². The van der Waals surface area contributed by atoms with Crippen LogP contribution >= 0.6 is 11.6 Å². The third-order valence-corrected chi connectivity index (χ3v) is 10.4. The molecule has 2 aliphatic heterocycles. The van der Waals surface area contributed by atoms with Gasteiger partial charge in [-0.2, -0.15) is 0 Å². The van der Waals surface area contributed by atoms with Gasteiger partial charge in [0.05, 0.1) is 31.3 Å². The van der Waals surface area contributed by atoms with Crippen molar-refractivity contribution in [2.24, 2.45) is 11.1 Å². The van der Waals surface area contributed by atoms with E-state index >= 15 is 0 Å². The average molecular weight is 822 g/mol. The van der Waals surface area contributed by atoms with Crippen molar-refractivity contribution < 1.29 is 42.3 Å². The van der Waals surface area contributed by atoms with E-state index in [1.807, 2.05) is 0 Å². The van der Waals surface area contributed by atoms with Gasteiger partial charge in [0.1, 0.15) is 23.7 Å². The molecule has 0 saturated carbocycles. The molecule has 0 unspecified atom stereocenters. The number of furan rings is 1. The summed E-state index contributed by atoms with van der Waals surface area (Å²) in [5.41, 5.74) is 5.83. The van der Waals surface area contributed by atoms with Gasteiger partial charge in [-0.15, -0.1) is 0 Å². The van der Waals surface area contributed by atoms with Gasteiger partial charge >= 0.3 is 0 Å². The molecule has 3 atom stereocenters. The van der Waals surface area contributed by atoms with Gasteiger partial charge in [-0.05, 0) is 66.6 Å². The number of nitrogens with one attached hydrogen (secondary N) is 5. The number of carbonyl (C=O) groups excluding carboxylic acids is 6. The molecule has 3 aromatic rings. The summed E-state index contributed by atoms with van der Waals surface area (Å²) in [4.78, 5) is 83.1. The molecule has 15 nitrogen and oxygen atoms in total. The molecule has 1 aromatic heterocycles. The largest absolute Gasteiger partial charge is 0.469 e. The number of fused-ring (bicyclic) bond motifs is 3. The number of hydrogen-bond donors (Lipinski definition) is 6. The van der Waals surface area contributed by atoms with Gasteiger partial charge in [-0.1, -0.05) is 41.9 Å². The molecular weight excluding hydrogens is 773 g/mol. The Bertz CT molecular complexity index is 1960. The second-order valence-electron chi connectivity index (χ2n) is 14.3. The number of piperidine rings is 1. The number of nitrogens with two attached hydrogens (primary N) is 1. The van der Waals surface area contributed by atoms with E-state index in [1.165, 1.54) is 23.3 Å². The van der Waals surface area contributed by atoms with Crippen molar-refractivity contribution in [3.05, 3.63) is 106 Å². The van der Waals surface area contributed by atoms with E-state index in [-0.39, 0.29) is 70.0 Å². The molecule has 310 valence electrons. The van der Waals surface area contributed by atoms with Crippen LogP contribution in [0.1, 0.15) is 41.7 Å². The molecule has 2 bridgehead atoms. The lowest BCUT2D eigenvalue weighted by Crippen LogP contribution is -2.58. The van der Waals surface area contributed by atoms with Crippen LogP contribution in [-0.4, -0.2) is 98.4 Å². The maximum Gasteiger partial charge on any atom is 0.246 e. The lowest BCUT2D eigenvalue weighted by molar-refractivity contribution is -0.141. The maximum atomic E-state index is 14.6. The molecule has 7 N–H and O–H groups in total. The summed E-state index contributed by atoms with van der Waals surface area (Å²) in [5.74, 6) is -3.30. The number of benzene rings is 2. The molecule has 6 amide bonds. The zero-order valence-corrected chi connectivity index (χ0v) is 32.8. The summed E-state index contributed by atoms with van der Waals surface area (Å²) in [6, 6.07) is 12.0. The lowest BCUT2D eigenvalue weighted by Gasteiger charge is -2.42. The first-order valence-electron chi connectivity index (χ1n) is 19.2. The Kier molecular flexibility index (Phi) is 16.0. The zero-order chi connectivity index (χ0) is 41.5. The fourth-order valence-corrected chi connectivity index (χ4v) is 7.25. The minimum atomic E-state index is -1.31. The van der Waals surface area contributed by atoms with Crippen molar-refractivity contribution in [2.45, 2.75) is 57.2 Å². The van der Waals surface area contributed by atoms with Gasteiger partial charge in [0.2, 0.25) is 35.4 Å². The molecule has 1 saturated heterocycles. The van der Waals surface area contributed by atoms with Crippen LogP contribution in [0.15, 0.2) is 77.4 Å². The first kappa shape index (κ1) is 43.5. The SMILES string of the molecule is NCCOCCNC(=O)[C@@H]1CCNC(=O)/C=C/C(=O)N2CCC[C@@](Cc3ccc(F)cc3Cl)(C2)C(=O)N[C@@H](Cc2ccco2)C(=O)NCc2ccccc2CC(=O)N1. The predicted molar refractivity (Wildman–Crippen MR) is 211 cm³/mol. The average Bonchev–Trinajstić information content (AvgIpc) is 3.72. The molecule has 3 heterocycles. The number of rotatable bonds is 10. The number of nitrogens with zero attached hydrogens (tertiary/aromatic N) is 1. The smallest absolute Gasteiger partial charge is 0.246 e. The Balaban J connectivity index is 1.45. The molecule has 0 radical (unpaired) electrons. The van der Waals surface area contributed by atoms with E-state index in [0.29, 0.717) is 48.4 Å². The molecular formula is C41H49ClFN7O8. The van der Waals surface area contributed by atoms with Crippen molar-refractivity contribution in [3.63, 3.8) is 0 Å². The van der Waals surface area contributed by atoms with Crippen LogP contribution in [0.3, 0.4) is 0 Å². The minimum Gasteiger partial charge on any atom is -0.469 e. The summed E-state index contributed by atoms with van der Waals surface area (Å²) in [6.07, 6.45) is 4.22. The van der Waals surface area contributed by atoms with Crippen molar-refractivity contribution in [1.29, 1.82) is 0 Å². The highest BCUT2D eigenvalue weighted by Crippen LogP contribution is 2.37. The van der Waals surface area contributed by atoms with Crippen LogP contribution in [0.4, 0.5) is 4.39 Å². The van der Waals surface area contributed by atoms with E-state index in [2.05, 4.69) is 26.6 Å². The normalized spacial score (nSPS) is 21.9. The van der Waals surface area contributed by atoms with Crippen LogP contribution in [0, 0.1) is 11.2 Å². The Labute approximate surface area is 340 Å². The quantitative estimate of drug-likeness (QED) is 0.163. The van der Waals surface area contributed by atoms with Gasteiger partial charge in [0, 0.05) is 62.9 Å². The number of ether oxygens (including phenoxy) is 1. The zero-order valence-electron chi connectivity index (χ0n) is 32.0. The van der Waals surface area contributed by atoms with Crippen molar-refractivity contribution in [2.75, 3.05) is 45.9 Å². The Hall–Kier alpha value is -5.58. The first-order valence-corrected chi connectivity index (χ1v) is 19.6. The highest BCUT2D eigenvalue weighted by molar-refractivity contribution is 6.31. The fraction of sp³-hybridized carbons (Fsp3) is 0.415. The van der Waals surface area contributed by atoms with Gasteiger partial charge < -0.3 is 46.4 Å². The minimum absolute atomic E-state index is 0.00347. The van der Waals surface area contributed by atoms with E-state index < -0.39 is 58.8 Å². The molecule has 0 spiro atoms. The molecule has 58 heavy (non-hydrogen) atoms. The first-order chi connectivity index (χ1) is 28.0. The third-order valence-electron chi connectivity index (χ3n) is 10.0. The molecule has 17 heteroatoms. The predicted octanol–water partition coefficient (Wildman–Crippen LogP) is 1.46. The van der Waals surface area contributed by atoms with E-state index in [4.69, 9.17) is 26.5 Å². The van der Waals surface area contributed by atoms with Crippen LogP contribution < -0.4 is 32.3 Å². The van der Waals surface area contributed by atoms with Gasteiger partial charge in [-0.3, -0.25) is 28.8 Å². The Morgan fingerprint density at radius 2 is 1.83 bits per heavy atom. The topological polar surface area (TPSA) is 214 Å². The number of carbonyl (C=O) groups is 6. The van der Waals surface area contributed by atoms with Gasteiger partial charge in [0.15, 0.2) is 0 Å². The van der Waals surface area contributed by atoms with Crippen LogP contribution in [0.2, 0.25) is 5.02 Å². The molecule has 1 fully saturated rings. The highest BCUT2D eigenvalue weighted by Gasteiger charge is 2.45. The number of halogens is 2. The monoisotopic (exact) mass is 821 g/mol. The highest BCUT2D eigenvalue weighted by atomic mass is 35.5. The van der Waals surface area contributed by atoms with Crippen LogP contribution in [-0.2, 0) is 59.3 Å². The standard InChI is InChI=1S/C41H49ClFN7O8/c42-32-22-30(43)9-8-28(32)24-41-13-4-17-50(26-41)37(53)11-10-35(51)45-15-12-33(38(54)46-16-20-57-19-14-44)48-36(52)21-27-5-1-2-6-29(27)25-47-39(55)34(49-40(41)56)23-31-7-3-18-58-31/h1-3,5-11,18,22,33-34H,4,12-17,19-21,23-26,44H2,(H,45,51)(H,46,54)(H,47,55)(H,48,52)(H,49,56)/b11-10+/t33-,34-,41+/m0/s1. The number of hydrogen-bond acceptors (Lipinski definition) is 9. The molecule has 2 aromatic carbocycles. The second-order valence-corrected chi connectivity index (χ2v) is 14.7. The summed E-state index contributed by atoms with van der Waals surface area (Å²) < 4.78 is 25.0. The molecule has 2 aliphatic rings. The van der Waals surface area contributed by atoms with E-state index in [9.17, 15) is 33.2 Å². The summed E-state index contributed by atoms with van der Waals surface area (Å²) in [5, 5.41) is 14.1. The Morgan fingerprint density at radius 3 is 2.59 bits per heavy atom. The summed E-state index contributed by atoms with van der Waals surface area (Å²) in [6.45, 7) is 1.19. The second kappa shape index (κ2) is 21.3. The van der Waals surface area contributed by atoms with Crippen molar-refractivity contribution >= 4 is 47.0 Å². The summed E-state index contributed by atoms with van der Waals surface area (Å²) in [7, 11) is 0. The van der Waals surface area contributed by atoms with E-state index in [0.717, 1.165) is 18.2 Å². The maximum absolute atomic E-state index is 14.6. The van der Waals surface area contributed by atoms with Gasteiger partial charge in [-0.25, -0.2) is 4.39 Å². The number of amides is 6. The summed E-state index contributed by atoms with van der Waals surface area (Å²) >= 11 is 6.46. The van der Waals surface area contributed by atoms with Crippen LogP contribution in [0.25, 0.3) is 0 Å². The fourth-order valence-electron chi connectivity index (χ4n) is 7.01. The van der Waals surface area contributed by atoms with E-state index in [1.54, 1.807) is 36.4 Å².